The second kappa shape index (κ2) is 20.4. The van der Waals surface area contributed by atoms with Crippen molar-refractivity contribution in [3.63, 3.8) is 0 Å². The van der Waals surface area contributed by atoms with Crippen LogP contribution in [-0.2, 0) is 0 Å². The Hall–Kier alpha value is -3.03. The van der Waals surface area contributed by atoms with E-state index in [4.69, 9.17) is 25.5 Å². The van der Waals surface area contributed by atoms with Gasteiger partial charge in [0.2, 0.25) is 0 Å². The summed E-state index contributed by atoms with van der Waals surface area (Å²) in [4.78, 5) is 19.0. The molecule has 0 amide bonds. The molecular formula is C39H52Cl2N2O4. The lowest BCUT2D eigenvalue weighted by atomic mass is 9.97. The second-order valence-corrected chi connectivity index (χ2v) is 12.3. The maximum Gasteiger partial charge on any atom is 0.197 e. The molecule has 4 aromatic rings. The van der Waals surface area contributed by atoms with E-state index in [0.717, 1.165) is 94.9 Å². The Labute approximate surface area is 292 Å². The Morgan fingerprint density at radius 2 is 1.17 bits per heavy atom. The van der Waals surface area contributed by atoms with Crippen LogP contribution in [0.2, 0.25) is 5.02 Å². The van der Waals surface area contributed by atoms with E-state index in [1.54, 1.807) is 12.1 Å². The molecule has 0 saturated heterocycles. The molecule has 0 bridgehead atoms. The van der Waals surface area contributed by atoms with Gasteiger partial charge in [0.05, 0.1) is 18.8 Å². The first-order valence-electron chi connectivity index (χ1n) is 17.1. The standard InChI is InChI=1S/C39H51ClN2O4.ClH/c1-5-21-41(22-6-2)25-9-27-44-33-16-11-30(12-17-33)38(43)37-35-29-32(40)15-20-36(35)46-39(37)31-13-18-34(19-14-31)45-28-10-26-42(23-7-3)24-8-4;/h11-20,29H,5-10,21-28H2,1-4H3;1H. The molecular weight excluding hydrogens is 631 g/mol. The number of furan rings is 1. The Morgan fingerprint density at radius 3 is 1.66 bits per heavy atom. The molecule has 0 N–H and O–H groups in total. The van der Waals surface area contributed by atoms with E-state index in [9.17, 15) is 4.79 Å². The fourth-order valence-electron chi connectivity index (χ4n) is 5.94. The number of halogens is 2. The van der Waals surface area contributed by atoms with Crippen molar-refractivity contribution < 1.29 is 18.7 Å². The van der Waals surface area contributed by atoms with E-state index in [-0.39, 0.29) is 18.2 Å². The molecule has 1 heterocycles. The summed E-state index contributed by atoms with van der Waals surface area (Å²) in [5.74, 6) is 1.95. The minimum atomic E-state index is -0.124. The van der Waals surface area contributed by atoms with Crippen LogP contribution in [0.4, 0.5) is 0 Å². The SMILES string of the molecule is CCCN(CCC)CCCOc1ccc(C(=O)c2c(-c3ccc(OCCCN(CCC)CCC)cc3)oc3ccc(Cl)cc23)cc1.Cl. The van der Waals surface area contributed by atoms with E-state index >= 15 is 0 Å². The summed E-state index contributed by atoms with van der Waals surface area (Å²) in [6.45, 7) is 16.7. The number of carbonyl (C=O) groups excluding carboxylic acids is 1. The van der Waals surface area contributed by atoms with Crippen LogP contribution in [0, 0.1) is 0 Å². The van der Waals surface area contributed by atoms with Gasteiger partial charge in [-0.1, -0.05) is 39.3 Å². The average molecular weight is 684 g/mol. The Morgan fingerprint density at radius 1 is 0.681 bits per heavy atom. The molecule has 4 rings (SSSR count). The number of ketones is 1. The van der Waals surface area contributed by atoms with Gasteiger partial charge in [0.1, 0.15) is 22.8 Å². The lowest BCUT2D eigenvalue weighted by molar-refractivity contribution is 0.104. The van der Waals surface area contributed by atoms with E-state index in [0.29, 0.717) is 46.1 Å². The fraction of sp³-hybridized carbons (Fsp3) is 0.462. The van der Waals surface area contributed by atoms with Gasteiger partial charge in [-0.05, 0) is 131 Å². The molecule has 1 aromatic heterocycles. The van der Waals surface area contributed by atoms with Crippen LogP contribution in [0.25, 0.3) is 22.3 Å². The average Bonchev–Trinajstić information content (AvgIpc) is 3.44. The smallest absolute Gasteiger partial charge is 0.197 e. The maximum atomic E-state index is 14.0. The van der Waals surface area contributed by atoms with Crippen molar-refractivity contribution in [1.29, 1.82) is 0 Å². The molecule has 0 radical (unpaired) electrons. The third kappa shape index (κ3) is 11.3. The van der Waals surface area contributed by atoms with Crippen molar-refractivity contribution in [1.82, 2.24) is 9.80 Å². The van der Waals surface area contributed by atoms with Gasteiger partial charge in [0.25, 0.3) is 0 Å². The summed E-state index contributed by atoms with van der Waals surface area (Å²) in [6, 6.07) is 20.6. The van der Waals surface area contributed by atoms with Crippen LogP contribution >= 0.6 is 24.0 Å². The van der Waals surface area contributed by atoms with Gasteiger partial charge in [-0.15, -0.1) is 12.4 Å². The van der Waals surface area contributed by atoms with Crippen molar-refractivity contribution in [2.24, 2.45) is 0 Å². The quantitative estimate of drug-likeness (QED) is 0.0644. The molecule has 256 valence electrons. The van der Waals surface area contributed by atoms with Gasteiger partial charge in [-0.2, -0.15) is 0 Å². The molecule has 0 fully saturated rings. The van der Waals surface area contributed by atoms with Crippen LogP contribution in [-0.4, -0.2) is 68.1 Å². The van der Waals surface area contributed by atoms with E-state index in [1.807, 2.05) is 54.6 Å². The summed E-state index contributed by atoms with van der Waals surface area (Å²) in [7, 11) is 0. The number of hydrogen-bond acceptors (Lipinski definition) is 6. The minimum absolute atomic E-state index is 0. The van der Waals surface area contributed by atoms with Gasteiger partial charge in [0.15, 0.2) is 5.78 Å². The van der Waals surface area contributed by atoms with Crippen LogP contribution in [0.5, 0.6) is 11.5 Å². The first-order chi connectivity index (χ1) is 22.5. The van der Waals surface area contributed by atoms with Crippen molar-refractivity contribution in [3.05, 3.63) is 82.9 Å². The van der Waals surface area contributed by atoms with Crippen molar-refractivity contribution >= 4 is 40.8 Å². The number of hydrogen-bond donors (Lipinski definition) is 0. The Kier molecular flexibility index (Phi) is 16.6. The molecule has 0 aliphatic carbocycles. The number of carbonyl (C=O) groups is 1. The van der Waals surface area contributed by atoms with E-state index in [2.05, 4.69) is 37.5 Å². The number of fused-ring (bicyclic) bond motifs is 1. The summed E-state index contributed by atoms with van der Waals surface area (Å²) in [5, 5.41) is 1.25. The number of benzene rings is 3. The summed E-state index contributed by atoms with van der Waals surface area (Å²) in [5.41, 5.74) is 2.49. The van der Waals surface area contributed by atoms with Gasteiger partial charge in [-0.25, -0.2) is 0 Å². The number of nitrogens with zero attached hydrogens (tertiary/aromatic N) is 2. The molecule has 0 unspecified atom stereocenters. The number of ether oxygens (including phenoxy) is 2. The Bertz CT molecular complexity index is 1480. The highest BCUT2D eigenvalue weighted by Gasteiger charge is 2.24. The highest BCUT2D eigenvalue weighted by Crippen LogP contribution is 2.37. The molecule has 6 nitrogen and oxygen atoms in total. The summed E-state index contributed by atoms with van der Waals surface area (Å²) >= 11 is 6.38. The zero-order valence-corrected chi connectivity index (χ0v) is 30.1. The highest BCUT2D eigenvalue weighted by atomic mass is 35.5. The first-order valence-corrected chi connectivity index (χ1v) is 17.5. The zero-order chi connectivity index (χ0) is 32.7. The largest absolute Gasteiger partial charge is 0.494 e. The predicted octanol–water partition coefficient (Wildman–Crippen LogP) is 10.2. The summed E-state index contributed by atoms with van der Waals surface area (Å²) in [6.07, 6.45) is 6.59. The van der Waals surface area contributed by atoms with Crippen LogP contribution in [0.15, 0.2) is 71.1 Å². The molecule has 0 aliphatic heterocycles. The lowest BCUT2D eigenvalue weighted by Gasteiger charge is -2.20. The topological polar surface area (TPSA) is 55.1 Å². The third-order valence-electron chi connectivity index (χ3n) is 8.04. The minimum Gasteiger partial charge on any atom is -0.494 e. The highest BCUT2D eigenvalue weighted by molar-refractivity contribution is 6.32. The lowest BCUT2D eigenvalue weighted by Crippen LogP contribution is -2.27. The fourth-order valence-corrected chi connectivity index (χ4v) is 6.11. The third-order valence-corrected chi connectivity index (χ3v) is 8.28. The molecule has 8 heteroatoms. The first kappa shape index (κ1) is 38.4. The van der Waals surface area contributed by atoms with Crippen LogP contribution in [0.1, 0.15) is 82.1 Å². The zero-order valence-electron chi connectivity index (χ0n) is 28.6. The predicted molar refractivity (Wildman–Crippen MR) is 198 cm³/mol. The van der Waals surface area contributed by atoms with Crippen LogP contribution < -0.4 is 9.47 Å². The molecule has 3 aromatic carbocycles. The molecule has 0 aliphatic rings. The Balaban J connectivity index is 0.00000600. The van der Waals surface area contributed by atoms with Crippen molar-refractivity contribution in [3.8, 4) is 22.8 Å². The van der Waals surface area contributed by atoms with Gasteiger partial charge >= 0.3 is 0 Å². The number of rotatable bonds is 21. The molecule has 0 spiro atoms. The van der Waals surface area contributed by atoms with Gasteiger partial charge in [-0.3, -0.25) is 4.79 Å². The second-order valence-electron chi connectivity index (χ2n) is 11.9. The van der Waals surface area contributed by atoms with Crippen molar-refractivity contribution in [2.75, 3.05) is 52.5 Å². The van der Waals surface area contributed by atoms with Crippen molar-refractivity contribution in [2.45, 2.75) is 66.2 Å². The monoisotopic (exact) mass is 682 g/mol. The summed E-state index contributed by atoms with van der Waals surface area (Å²) < 4.78 is 18.3. The molecule has 47 heavy (non-hydrogen) atoms. The molecule has 0 atom stereocenters. The van der Waals surface area contributed by atoms with E-state index < -0.39 is 0 Å². The maximum absolute atomic E-state index is 14.0. The molecule has 0 saturated carbocycles. The van der Waals surface area contributed by atoms with E-state index in [1.165, 1.54) is 0 Å². The normalized spacial score (nSPS) is 11.3. The van der Waals surface area contributed by atoms with Gasteiger partial charge < -0.3 is 23.7 Å². The van der Waals surface area contributed by atoms with Gasteiger partial charge in [0, 0.05) is 34.6 Å². The van der Waals surface area contributed by atoms with Crippen LogP contribution in [0.3, 0.4) is 0 Å².